The fraction of sp³-hybridized carbons (Fsp3) is 0.267. The Morgan fingerprint density at radius 2 is 2.23 bits per heavy atom. The van der Waals surface area contributed by atoms with Gasteiger partial charge in [0, 0.05) is 17.8 Å². The summed E-state index contributed by atoms with van der Waals surface area (Å²) < 4.78 is 19.3. The highest BCUT2D eigenvalue weighted by Gasteiger charge is 2.16. The van der Waals surface area contributed by atoms with Gasteiger partial charge < -0.3 is 9.29 Å². The molecule has 0 aliphatic carbocycles. The molecular weight excluding hydrogens is 300 g/mol. The summed E-state index contributed by atoms with van der Waals surface area (Å²) in [7, 11) is 1.60. The van der Waals surface area contributed by atoms with Crippen LogP contribution in [0.25, 0.3) is 17.0 Å². The quantitative estimate of drug-likeness (QED) is 0.675. The topological polar surface area (TPSA) is 75.4 Å². The highest BCUT2D eigenvalue weighted by molar-refractivity contribution is 7.91. The number of nitrogens with zero attached hydrogens (tertiary/aromatic N) is 4. The van der Waals surface area contributed by atoms with Crippen LogP contribution in [0.3, 0.4) is 0 Å². The maximum Gasteiger partial charge on any atom is 0.237 e. The Hall–Kier alpha value is -2.12. The lowest BCUT2D eigenvalue weighted by molar-refractivity contribution is 0.415. The van der Waals surface area contributed by atoms with Crippen molar-refractivity contribution in [3.05, 3.63) is 37.1 Å². The highest BCUT2D eigenvalue weighted by Crippen LogP contribution is 2.31. The molecule has 0 saturated heterocycles. The molecule has 0 bridgehead atoms. The van der Waals surface area contributed by atoms with E-state index in [0.29, 0.717) is 17.3 Å². The minimum atomic E-state index is -1.00. The fourth-order valence-electron chi connectivity index (χ4n) is 2.21. The Kier molecular flexibility index (Phi) is 4.26. The monoisotopic (exact) mass is 316 g/mol. The predicted molar refractivity (Wildman–Crippen MR) is 84.3 cm³/mol. The van der Waals surface area contributed by atoms with Gasteiger partial charge in [-0.2, -0.15) is 0 Å². The van der Waals surface area contributed by atoms with E-state index in [4.69, 9.17) is 4.74 Å². The van der Waals surface area contributed by atoms with Crippen molar-refractivity contribution in [1.29, 1.82) is 0 Å². The Balaban J connectivity index is 2.02. The van der Waals surface area contributed by atoms with Gasteiger partial charge in [0.2, 0.25) is 5.78 Å². The van der Waals surface area contributed by atoms with Crippen molar-refractivity contribution < 1.29 is 9.29 Å². The van der Waals surface area contributed by atoms with Crippen molar-refractivity contribution >= 4 is 17.0 Å². The summed E-state index contributed by atoms with van der Waals surface area (Å²) in [4.78, 5) is 13.3. The Morgan fingerprint density at radius 1 is 1.36 bits per heavy atom. The summed E-state index contributed by atoms with van der Waals surface area (Å²) >= 11 is -1.00. The Bertz CT molecular complexity index is 757. The van der Waals surface area contributed by atoms with Crippen molar-refractivity contribution in [3.63, 3.8) is 0 Å². The summed E-state index contributed by atoms with van der Waals surface area (Å²) in [5.41, 5.74) is 1.58. The number of benzene rings is 1. The molecule has 0 spiro atoms. The van der Waals surface area contributed by atoms with Crippen LogP contribution in [-0.2, 0) is 11.2 Å². The van der Waals surface area contributed by atoms with Crippen LogP contribution in [0.1, 0.15) is 13.3 Å². The maximum atomic E-state index is 12.1. The number of ether oxygens (including phenoxy) is 1. The van der Waals surface area contributed by atoms with Crippen molar-refractivity contribution in [2.45, 2.75) is 18.2 Å². The molecular formula is C15H16N4O2S. The zero-order chi connectivity index (χ0) is 15.5. The third-order valence-corrected chi connectivity index (χ3v) is 4.80. The van der Waals surface area contributed by atoms with Crippen LogP contribution in [0.15, 0.2) is 41.9 Å². The van der Waals surface area contributed by atoms with Gasteiger partial charge >= 0.3 is 0 Å². The largest absolute Gasteiger partial charge is 0.611 e. The van der Waals surface area contributed by atoms with E-state index < -0.39 is 11.2 Å². The predicted octanol–water partition coefficient (Wildman–Crippen LogP) is 2.32. The normalized spacial score (nSPS) is 12.5. The lowest BCUT2D eigenvalue weighted by atomic mass is 10.1. The van der Waals surface area contributed by atoms with Gasteiger partial charge in [-0.3, -0.25) is 4.40 Å². The van der Waals surface area contributed by atoms with Gasteiger partial charge in [-0.05, 0) is 29.7 Å². The molecule has 2 aromatic heterocycles. The first-order valence-electron chi connectivity index (χ1n) is 6.94. The second-order valence-electron chi connectivity index (χ2n) is 4.75. The molecule has 0 aliphatic heterocycles. The minimum Gasteiger partial charge on any atom is -0.611 e. The SMILES string of the molecule is CCC[S+]([O-])c1ccc(-c2cn3cncnc3n2)c(OC)c1. The van der Waals surface area contributed by atoms with Gasteiger partial charge in [0.05, 0.1) is 12.8 Å². The number of imidazole rings is 1. The van der Waals surface area contributed by atoms with Gasteiger partial charge in [-0.15, -0.1) is 0 Å². The van der Waals surface area contributed by atoms with E-state index in [0.717, 1.165) is 22.6 Å². The standard InChI is InChI=1S/C15H16N4O2S/c1-3-6-22(20)11-4-5-12(14(7-11)21-2)13-8-19-10-16-9-17-15(19)18-13/h4-5,7-10H,3,6H2,1-2H3. The van der Waals surface area contributed by atoms with Gasteiger partial charge in [0.1, 0.15) is 24.2 Å². The number of methoxy groups -OCH3 is 1. The van der Waals surface area contributed by atoms with Crippen LogP contribution >= 0.6 is 0 Å². The van der Waals surface area contributed by atoms with Crippen LogP contribution in [0.4, 0.5) is 0 Å². The average Bonchev–Trinajstić information content (AvgIpc) is 2.98. The fourth-order valence-corrected chi connectivity index (χ4v) is 3.27. The molecule has 3 aromatic rings. The third kappa shape index (κ3) is 2.77. The second-order valence-corrected chi connectivity index (χ2v) is 6.32. The molecule has 0 aliphatic rings. The second kappa shape index (κ2) is 6.33. The van der Waals surface area contributed by atoms with Crippen molar-refractivity contribution in [3.8, 4) is 17.0 Å². The first-order chi connectivity index (χ1) is 10.7. The van der Waals surface area contributed by atoms with E-state index >= 15 is 0 Å². The summed E-state index contributed by atoms with van der Waals surface area (Å²) in [5, 5.41) is 0. The van der Waals surface area contributed by atoms with E-state index in [1.165, 1.54) is 6.33 Å². The summed E-state index contributed by atoms with van der Waals surface area (Å²) in [5.74, 6) is 1.87. The molecule has 7 heteroatoms. The number of fused-ring (bicyclic) bond motifs is 1. The first-order valence-corrected chi connectivity index (χ1v) is 8.26. The highest BCUT2D eigenvalue weighted by atomic mass is 32.2. The first kappa shape index (κ1) is 14.8. The maximum absolute atomic E-state index is 12.1. The van der Waals surface area contributed by atoms with Gasteiger partial charge in [-0.25, -0.2) is 15.0 Å². The van der Waals surface area contributed by atoms with Crippen molar-refractivity contribution in [2.24, 2.45) is 0 Å². The molecule has 22 heavy (non-hydrogen) atoms. The van der Waals surface area contributed by atoms with E-state index in [-0.39, 0.29) is 0 Å². The van der Waals surface area contributed by atoms with Gasteiger partial charge in [0.25, 0.3) is 0 Å². The Morgan fingerprint density at radius 3 is 2.95 bits per heavy atom. The third-order valence-electron chi connectivity index (χ3n) is 3.25. The molecule has 6 nitrogen and oxygen atoms in total. The lowest BCUT2D eigenvalue weighted by Crippen LogP contribution is -2.06. The molecule has 1 unspecified atom stereocenters. The summed E-state index contributed by atoms with van der Waals surface area (Å²) in [6.07, 6.45) is 5.83. The molecule has 0 N–H and O–H groups in total. The number of rotatable bonds is 5. The Labute approximate surface area is 131 Å². The zero-order valence-electron chi connectivity index (χ0n) is 12.4. The molecule has 114 valence electrons. The van der Waals surface area contributed by atoms with Gasteiger partial charge in [-0.1, -0.05) is 6.92 Å². The molecule has 0 saturated carbocycles. The van der Waals surface area contributed by atoms with E-state index in [1.54, 1.807) is 17.8 Å². The molecule has 0 amide bonds. The smallest absolute Gasteiger partial charge is 0.237 e. The van der Waals surface area contributed by atoms with Crippen molar-refractivity contribution in [1.82, 2.24) is 19.4 Å². The summed E-state index contributed by atoms with van der Waals surface area (Å²) in [6.45, 7) is 2.02. The van der Waals surface area contributed by atoms with Gasteiger partial charge in [0.15, 0.2) is 4.90 Å². The van der Waals surface area contributed by atoms with Crippen LogP contribution in [0, 0.1) is 0 Å². The molecule has 1 atom stereocenters. The minimum absolute atomic E-state index is 0.575. The van der Waals surface area contributed by atoms with E-state index in [1.807, 2.05) is 31.3 Å². The van der Waals surface area contributed by atoms with Crippen molar-refractivity contribution in [2.75, 3.05) is 12.9 Å². The summed E-state index contributed by atoms with van der Waals surface area (Å²) in [6, 6.07) is 5.56. The number of aromatic nitrogens is 4. The van der Waals surface area contributed by atoms with Crippen LogP contribution in [0.2, 0.25) is 0 Å². The molecule has 0 fully saturated rings. The lowest BCUT2D eigenvalue weighted by Gasteiger charge is -2.12. The average molecular weight is 316 g/mol. The molecule has 0 radical (unpaired) electrons. The van der Waals surface area contributed by atoms with E-state index in [2.05, 4.69) is 15.0 Å². The zero-order valence-corrected chi connectivity index (χ0v) is 13.2. The molecule has 3 rings (SSSR count). The van der Waals surface area contributed by atoms with E-state index in [9.17, 15) is 4.55 Å². The van der Waals surface area contributed by atoms with Crippen LogP contribution < -0.4 is 4.74 Å². The van der Waals surface area contributed by atoms with Crippen LogP contribution in [-0.4, -0.2) is 36.8 Å². The van der Waals surface area contributed by atoms with Crippen LogP contribution in [0.5, 0.6) is 5.75 Å². The molecule has 2 heterocycles. The number of hydrogen-bond acceptors (Lipinski definition) is 5. The molecule has 1 aromatic carbocycles. The number of hydrogen-bond donors (Lipinski definition) is 0.